The van der Waals surface area contributed by atoms with Crippen LogP contribution < -0.4 is 0 Å². The van der Waals surface area contributed by atoms with Crippen molar-refractivity contribution >= 4 is 17.2 Å². The van der Waals surface area contributed by atoms with Gasteiger partial charge in [-0.25, -0.2) is 4.98 Å². The highest BCUT2D eigenvalue weighted by Gasteiger charge is 2.30. The molecule has 7 heteroatoms. The Hall–Kier alpha value is -1.73. The number of nitrogens with zero attached hydrogens (tertiary/aromatic N) is 4. The van der Waals surface area contributed by atoms with Crippen molar-refractivity contribution in [3.05, 3.63) is 33.5 Å². The molecule has 4 heterocycles. The van der Waals surface area contributed by atoms with E-state index < -0.39 is 0 Å². The fourth-order valence-corrected chi connectivity index (χ4v) is 5.84. The largest absolute Gasteiger partial charge is 0.337 e. The van der Waals surface area contributed by atoms with E-state index in [1.807, 2.05) is 16.2 Å². The summed E-state index contributed by atoms with van der Waals surface area (Å²) in [6, 6.07) is 2.59. The van der Waals surface area contributed by atoms with Crippen LogP contribution in [0.4, 0.5) is 0 Å². The number of aromatic nitrogens is 3. The van der Waals surface area contributed by atoms with Crippen LogP contribution in [0.3, 0.4) is 0 Å². The molecule has 144 valence electrons. The monoisotopic (exact) mass is 385 g/mol. The molecule has 1 saturated heterocycles. The lowest BCUT2D eigenvalue weighted by atomic mass is 9.91. The number of H-pyrrole nitrogens is 1. The molecule has 2 aliphatic heterocycles. The van der Waals surface area contributed by atoms with Crippen LogP contribution in [0.25, 0.3) is 0 Å². The van der Waals surface area contributed by atoms with Crippen LogP contribution in [0.5, 0.6) is 0 Å². The average Bonchev–Trinajstić information content (AvgIpc) is 3.29. The normalized spacial score (nSPS) is 22.3. The molecule has 2 fully saturated rings. The minimum absolute atomic E-state index is 0.0666. The number of piperidine rings is 1. The van der Waals surface area contributed by atoms with Crippen LogP contribution >= 0.6 is 11.3 Å². The molecule has 1 aliphatic carbocycles. The van der Waals surface area contributed by atoms with Crippen LogP contribution in [0, 0.1) is 0 Å². The Morgan fingerprint density at radius 1 is 1.11 bits per heavy atom. The molecule has 1 N–H and O–H groups in total. The highest BCUT2D eigenvalue weighted by atomic mass is 32.1. The summed E-state index contributed by atoms with van der Waals surface area (Å²) in [5, 5.41) is 7.98. The summed E-state index contributed by atoms with van der Waals surface area (Å²) in [5.74, 6) is 0.576. The molecule has 0 aromatic carbocycles. The first kappa shape index (κ1) is 17.4. The van der Waals surface area contributed by atoms with Gasteiger partial charge in [-0.15, -0.1) is 11.3 Å². The van der Waals surface area contributed by atoms with Gasteiger partial charge in [-0.3, -0.25) is 14.8 Å². The van der Waals surface area contributed by atoms with Crippen molar-refractivity contribution in [2.24, 2.45) is 0 Å². The van der Waals surface area contributed by atoms with Gasteiger partial charge < -0.3 is 4.90 Å². The minimum atomic E-state index is 0.0666. The summed E-state index contributed by atoms with van der Waals surface area (Å²) in [6.45, 7) is 4.00. The lowest BCUT2D eigenvalue weighted by molar-refractivity contribution is 0.0707. The Morgan fingerprint density at radius 3 is 2.63 bits per heavy atom. The lowest BCUT2D eigenvalue weighted by Gasteiger charge is -2.36. The van der Waals surface area contributed by atoms with Gasteiger partial charge in [0, 0.05) is 55.6 Å². The molecule has 6 nitrogen and oxygen atoms in total. The van der Waals surface area contributed by atoms with Crippen LogP contribution in [-0.4, -0.2) is 63.1 Å². The number of likely N-dealkylation sites (tertiary alicyclic amines) is 1. The van der Waals surface area contributed by atoms with Crippen molar-refractivity contribution in [3.63, 3.8) is 0 Å². The average molecular weight is 386 g/mol. The topological polar surface area (TPSA) is 65.1 Å². The van der Waals surface area contributed by atoms with Crippen molar-refractivity contribution in [1.82, 2.24) is 25.0 Å². The molecule has 2 aromatic rings. The van der Waals surface area contributed by atoms with Crippen LogP contribution in [0.1, 0.15) is 64.1 Å². The number of amides is 1. The second-order valence-electron chi connectivity index (χ2n) is 8.08. The van der Waals surface area contributed by atoms with E-state index in [2.05, 4.69) is 15.1 Å². The second-order valence-corrected chi connectivity index (χ2v) is 9.19. The first-order chi connectivity index (χ1) is 13.3. The Bertz CT molecular complexity index is 764. The van der Waals surface area contributed by atoms with Gasteiger partial charge in [0.25, 0.3) is 5.91 Å². The van der Waals surface area contributed by atoms with E-state index >= 15 is 0 Å². The maximum absolute atomic E-state index is 12.5. The smallest absolute Gasteiger partial charge is 0.271 e. The van der Waals surface area contributed by atoms with Gasteiger partial charge in [-0.05, 0) is 38.2 Å². The number of nitrogens with one attached hydrogen (secondary N) is 1. The van der Waals surface area contributed by atoms with E-state index in [-0.39, 0.29) is 5.91 Å². The molecule has 1 amide bonds. The zero-order chi connectivity index (χ0) is 18.2. The van der Waals surface area contributed by atoms with E-state index in [1.54, 1.807) is 12.3 Å². The molecule has 27 heavy (non-hydrogen) atoms. The molecule has 0 unspecified atom stereocenters. The fraction of sp³-hybridized carbons (Fsp3) is 0.650. The molecular weight excluding hydrogens is 358 g/mol. The molecule has 3 aliphatic rings. The third kappa shape index (κ3) is 3.43. The highest BCUT2D eigenvalue weighted by Crippen LogP contribution is 2.35. The molecule has 0 atom stereocenters. The number of rotatable bonds is 3. The summed E-state index contributed by atoms with van der Waals surface area (Å²) >= 11 is 1.94. The molecule has 0 spiro atoms. The fourth-order valence-electron chi connectivity index (χ4n) is 4.57. The summed E-state index contributed by atoms with van der Waals surface area (Å²) < 4.78 is 0. The van der Waals surface area contributed by atoms with E-state index in [1.165, 1.54) is 54.4 Å². The van der Waals surface area contributed by atoms with Crippen molar-refractivity contribution in [2.45, 2.75) is 56.9 Å². The zero-order valence-electron chi connectivity index (χ0n) is 15.7. The number of aromatic amines is 1. The Labute approximate surface area is 164 Å². The summed E-state index contributed by atoms with van der Waals surface area (Å²) in [7, 11) is 0. The number of fused-ring (bicyclic) bond motifs is 1. The third-order valence-corrected chi connectivity index (χ3v) is 7.83. The quantitative estimate of drug-likeness (QED) is 0.882. The first-order valence-corrected chi connectivity index (χ1v) is 11.1. The van der Waals surface area contributed by atoms with Gasteiger partial charge in [0.05, 0.1) is 10.7 Å². The number of hydrogen-bond acceptors (Lipinski definition) is 5. The number of carbonyl (C=O) groups excluding carboxylic acids is 1. The van der Waals surface area contributed by atoms with Crippen molar-refractivity contribution < 1.29 is 4.79 Å². The maximum atomic E-state index is 12.5. The van der Waals surface area contributed by atoms with Gasteiger partial charge in [-0.2, -0.15) is 5.10 Å². The van der Waals surface area contributed by atoms with Gasteiger partial charge in [0.1, 0.15) is 5.69 Å². The van der Waals surface area contributed by atoms with Gasteiger partial charge in [0.15, 0.2) is 0 Å². The SMILES string of the molecule is O=C(c1ccn[nH]1)N1CCC(c2nc3c(s2)CCN(C2CCC2)CC3)CC1. The minimum Gasteiger partial charge on any atom is -0.337 e. The summed E-state index contributed by atoms with van der Waals surface area (Å²) in [5.41, 5.74) is 1.94. The second kappa shape index (κ2) is 7.36. The lowest BCUT2D eigenvalue weighted by Crippen LogP contribution is -2.41. The van der Waals surface area contributed by atoms with Gasteiger partial charge in [0.2, 0.25) is 0 Å². The summed E-state index contributed by atoms with van der Waals surface area (Å²) in [4.78, 5) is 23.7. The number of hydrogen-bond donors (Lipinski definition) is 1. The molecule has 5 rings (SSSR count). The van der Waals surface area contributed by atoms with Crippen molar-refractivity contribution in [2.75, 3.05) is 26.2 Å². The van der Waals surface area contributed by atoms with Crippen LogP contribution in [-0.2, 0) is 12.8 Å². The van der Waals surface area contributed by atoms with E-state index in [9.17, 15) is 4.79 Å². The van der Waals surface area contributed by atoms with Gasteiger partial charge >= 0.3 is 0 Å². The predicted octanol–water partition coefficient (Wildman–Crippen LogP) is 2.84. The van der Waals surface area contributed by atoms with Crippen molar-refractivity contribution in [1.29, 1.82) is 0 Å². The standard InChI is InChI=1S/C20H27N5OS/c26-20(17-4-9-21-23-17)25-10-5-14(6-11-25)19-22-16-7-12-24(15-2-1-3-15)13-8-18(16)27-19/h4,9,14-15H,1-3,5-8,10-13H2,(H,21,23). The predicted molar refractivity (Wildman–Crippen MR) is 105 cm³/mol. The van der Waals surface area contributed by atoms with E-state index in [0.29, 0.717) is 11.6 Å². The number of thiazole rings is 1. The van der Waals surface area contributed by atoms with Crippen LogP contribution in [0.15, 0.2) is 12.3 Å². The Kier molecular flexibility index (Phi) is 4.73. The van der Waals surface area contributed by atoms with Crippen molar-refractivity contribution in [3.8, 4) is 0 Å². The molecular formula is C20H27N5OS. The van der Waals surface area contributed by atoms with E-state index in [0.717, 1.165) is 38.4 Å². The molecule has 1 saturated carbocycles. The zero-order valence-corrected chi connectivity index (χ0v) is 16.5. The van der Waals surface area contributed by atoms with Gasteiger partial charge in [-0.1, -0.05) is 6.42 Å². The Balaban J connectivity index is 1.20. The molecule has 2 aromatic heterocycles. The summed E-state index contributed by atoms with van der Waals surface area (Å²) in [6.07, 6.45) is 10.1. The maximum Gasteiger partial charge on any atom is 0.271 e. The van der Waals surface area contributed by atoms with E-state index in [4.69, 9.17) is 4.98 Å². The first-order valence-electron chi connectivity index (χ1n) is 10.3. The molecule has 0 radical (unpaired) electrons. The molecule has 0 bridgehead atoms. The highest BCUT2D eigenvalue weighted by molar-refractivity contribution is 7.11. The Morgan fingerprint density at radius 2 is 1.93 bits per heavy atom. The number of carbonyl (C=O) groups is 1. The third-order valence-electron chi connectivity index (χ3n) is 6.51. The van der Waals surface area contributed by atoms with Crippen LogP contribution in [0.2, 0.25) is 0 Å².